The molecule has 42 heavy (non-hydrogen) atoms. The molecule has 0 spiro atoms. The lowest BCUT2D eigenvalue weighted by molar-refractivity contribution is 1.08. The Hall–Kier alpha value is -5.81. The molecule has 0 unspecified atom stereocenters. The summed E-state index contributed by atoms with van der Waals surface area (Å²) < 4.78 is 2.28. The van der Waals surface area contributed by atoms with E-state index in [4.69, 9.17) is 4.98 Å². The second-order valence-corrected chi connectivity index (χ2v) is 10.6. The molecule has 4 aromatic heterocycles. The largest absolute Gasteiger partial charge is 0.307 e. The third kappa shape index (κ3) is 3.22. The van der Waals surface area contributed by atoms with Gasteiger partial charge in [-0.25, -0.2) is 4.98 Å². The first-order chi connectivity index (χ1) is 20.9. The molecule has 0 radical (unpaired) electrons. The number of hydrogen-bond donors (Lipinski definition) is 0. The predicted octanol–water partition coefficient (Wildman–Crippen LogP) is 9.24. The molecule has 196 valence electrons. The molecule has 0 bridgehead atoms. The molecular weight excluding hydrogens is 514 g/mol. The van der Waals surface area contributed by atoms with E-state index in [0.717, 1.165) is 45.0 Å². The third-order valence-electron chi connectivity index (χ3n) is 8.32. The van der Waals surface area contributed by atoms with Gasteiger partial charge in [0.15, 0.2) is 0 Å². The molecule has 5 nitrogen and oxygen atoms in total. The Kier molecular flexibility index (Phi) is 4.83. The molecule has 9 rings (SSSR count). The van der Waals surface area contributed by atoms with Crippen LogP contribution in [0, 0.1) is 0 Å². The molecule has 0 saturated heterocycles. The third-order valence-corrected chi connectivity index (χ3v) is 8.32. The molecule has 0 aliphatic carbocycles. The van der Waals surface area contributed by atoms with Gasteiger partial charge in [-0.15, -0.1) is 0 Å². The van der Waals surface area contributed by atoms with Crippen molar-refractivity contribution in [3.8, 4) is 28.1 Å². The molecule has 0 atom stereocenters. The monoisotopic (exact) mass is 537 g/mol. The van der Waals surface area contributed by atoms with Crippen LogP contribution < -0.4 is 4.90 Å². The lowest BCUT2D eigenvalue weighted by Gasteiger charge is -2.34. The maximum atomic E-state index is 4.97. The van der Waals surface area contributed by atoms with Crippen LogP contribution in [0.1, 0.15) is 0 Å². The molecule has 0 amide bonds. The molecule has 5 heteroatoms. The van der Waals surface area contributed by atoms with Crippen LogP contribution in [0.3, 0.4) is 0 Å². The Morgan fingerprint density at radius 3 is 2.17 bits per heavy atom. The van der Waals surface area contributed by atoms with Gasteiger partial charge in [0.05, 0.1) is 34.3 Å². The highest BCUT2D eigenvalue weighted by atomic mass is 15.2. The number of para-hydroxylation sites is 1. The van der Waals surface area contributed by atoms with Gasteiger partial charge in [-0.1, -0.05) is 60.7 Å². The molecule has 8 aromatic rings. The van der Waals surface area contributed by atoms with Gasteiger partial charge in [0.25, 0.3) is 0 Å². The van der Waals surface area contributed by atoms with Crippen molar-refractivity contribution in [2.75, 3.05) is 4.90 Å². The molecule has 0 fully saturated rings. The van der Waals surface area contributed by atoms with E-state index in [1.165, 1.54) is 32.7 Å². The number of rotatable bonds is 3. The minimum atomic E-state index is 0.875. The number of hydrogen-bond acceptors (Lipinski definition) is 4. The van der Waals surface area contributed by atoms with Gasteiger partial charge in [-0.05, 0) is 59.5 Å². The number of aromatic nitrogens is 4. The minimum absolute atomic E-state index is 0.875. The normalized spacial score (nSPS) is 12.2. The van der Waals surface area contributed by atoms with Crippen LogP contribution in [-0.2, 0) is 0 Å². The van der Waals surface area contributed by atoms with Crippen LogP contribution in [0.25, 0.3) is 60.6 Å². The Bertz CT molecular complexity index is 2280. The summed E-state index contributed by atoms with van der Waals surface area (Å²) in [5, 5.41) is 4.86. The van der Waals surface area contributed by atoms with Crippen LogP contribution in [-0.4, -0.2) is 19.5 Å². The van der Waals surface area contributed by atoms with Crippen LogP contribution >= 0.6 is 0 Å². The van der Waals surface area contributed by atoms with Crippen molar-refractivity contribution in [2.45, 2.75) is 0 Å². The highest BCUT2D eigenvalue weighted by Crippen LogP contribution is 2.54. The van der Waals surface area contributed by atoms with Crippen LogP contribution in [0.2, 0.25) is 0 Å². The summed E-state index contributed by atoms with van der Waals surface area (Å²) in [6, 6.07) is 38.7. The van der Waals surface area contributed by atoms with E-state index in [2.05, 4.69) is 116 Å². The van der Waals surface area contributed by atoms with Gasteiger partial charge in [-0.2, -0.15) is 0 Å². The zero-order chi connectivity index (χ0) is 27.6. The maximum Gasteiger partial charge on any atom is 0.137 e. The summed E-state index contributed by atoms with van der Waals surface area (Å²) in [6.45, 7) is 0. The number of pyridine rings is 3. The highest BCUT2D eigenvalue weighted by Gasteiger charge is 2.30. The number of benzene rings is 4. The van der Waals surface area contributed by atoms with E-state index in [1.54, 1.807) is 6.20 Å². The topological polar surface area (TPSA) is 46.8 Å². The van der Waals surface area contributed by atoms with Gasteiger partial charge in [0.1, 0.15) is 5.82 Å². The summed E-state index contributed by atoms with van der Waals surface area (Å²) >= 11 is 0. The van der Waals surface area contributed by atoms with E-state index < -0.39 is 0 Å². The first kappa shape index (κ1) is 22.9. The molecule has 5 heterocycles. The molecule has 4 aromatic carbocycles. The molecule has 1 aliphatic rings. The quantitative estimate of drug-likeness (QED) is 0.225. The first-order valence-corrected chi connectivity index (χ1v) is 14.0. The number of nitrogens with zero attached hydrogens (tertiary/aromatic N) is 5. The molecule has 0 saturated carbocycles. The van der Waals surface area contributed by atoms with Gasteiger partial charge >= 0.3 is 0 Å². The van der Waals surface area contributed by atoms with Crippen molar-refractivity contribution >= 4 is 49.6 Å². The Balaban J connectivity index is 1.37. The summed E-state index contributed by atoms with van der Waals surface area (Å²) in [5.41, 5.74) is 10.1. The second-order valence-electron chi connectivity index (χ2n) is 10.6. The summed E-state index contributed by atoms with van der Waals surface area (Å²) in [4.78, 5) is 16.1. The van der Waals surface area contributed by atoms with Gasteiger partial charge in [0.2, 0.25) is 0 Å². The van der Waals surface area contributed by atoms with E-state index in [1.807, 2.05) is 36.9 Å². The molecule has 1 aliphatic heterocycles. The van der Waals surface area contributed by atoms with Crippen molar-refractivity contribution < 1.29 is 0 Å². The second kappa shape index (κ2) is 8.85. The Morgan fingerprint density at radius 1 is 0.524 bits per heavy atom. The smallest absolute Gasteiger partial charge is 0.137 e. The number of fused-ring (bicyclic) bond motifs is 6. The van der Waals surface area contributed by atoms with Crippen molar-refractivity contribution in [3.05, 3.63) is 140 Å². The zero-order valence-electron chi connectivity index (χ0n) is 22.5. The van der Waals surface area contributed by atoms with E-state index in [0.29, 0.717) is 0 Å². The zero-order valence-corrected chi connectivity index (χ0v) is 22.5. The van der Waals surface area contributed by atoms with Crippen LogP contribution in [0.15, 0.2) is 140 Å². The summed E-state index contributed by atoms with van der Waals surface area (Å²) in [5.74, 6) is 0.875. The fraction of sp³-hybridized carbons (Fsp3) is 0. The predicted molar refractivity (Wildman–Crippen MR) is 171 cm³/mol. The SMILES string of the molecule is c1cncc(-c2ccc(-n3c4ccccc4c4c5c(ccc43)-c3cccc4cccc(c34)N5c3cccnc3)nc2)c1. The average Bonchev–Trinajstić information content (AvgIpc) is 3.41. The Morgan fingerprint density at radius 2 is 1.36 bits per heavy atom. The minimum Gasteiger partial charge on any atom is -0.307 e. The van der Waals surface area contributed by atoms with E-state index in [-0.39, 0.29) is 0 Å². The standard InChI is InChI=1S/C37H23N5/c1-2-13-31-30(11-1)36-33(42(31)34-18-15-26(22-40-34)25-9-5-19-38-21-25)17-16-29-28-12-3-7-24-8-4-14-32(35(24)28)41(37(29)36)27-10-6-20-39-23-27/h1-23H. The van der Waals surface area contributed by atoms with Crippen molar-refractivity contribution in [1.82, 2.24) is 19.5 Å². The average molecular weight is 538 g/mol. The fourth-order valence-corrected chi connectivity index (χ4v) is 6.57. The lowest BCUT2D eigenvalue weighted by Crippen LogP contribution is -2.15. The van der Waals surface area contributed by atoms with Gasteiger partial charge in [0, 0.05) is 57.6 Å². The van der Waals surface area contributed by atoms with E-state index in [9.17, 15) is 0 Å². The van der Waals surface area contributed by atoms with Crippen molar-refractivity contribution in [3.63, 3.8) is 0 Å². The van der Waals surface area contributed by atoms with E-state index >= 15 is 0 Å². The fourth-order valence-electron chi connectivity index (χ4n) is 6.57. The highest BCUT2D eigenvalue weighted by molar-refractivity contribution is 6.24. The summed E-state index contributed by atoms with van der Waals surface area (Å²) in [7, 11) is 0. The Labute approximate surface area is 242 Å². The molecular formula is C37H23N5. The van der Waals surface area contributed by atoms with Crippen LogP contribution in [0.4, 0.5) is 17.1 Å². The van der Waals surface area contributed by atoms with Gasteiger partial charge in [-0.3, -0.25) is 14.5 Å². The first-order valence-electron chi connectivity index (χ1n) is 14.0. The van der Waals surface area contributed by atoms with Crippen molar-refractivity contribution in [1.29, 1.82) is 0 Å². The lowest BCUT2D eigenvalue weighted by atomic mass is 9.89. The van der Waals surface area contributed by atoms with Gasteiger partial charge < -0.3 is 4.90 Å². The molecule has 0 N–H and O–H groups in total. The van der Waals surface area contributed by atoms with Crippen molar-refractivity contribution in [2.24, 2.45) is 0 Å². The maximum absolute atomic E-state index is 4.97. The van der Waals surface area contributed by atoms with Crippen LogP contribution in [0.5, 0.6) is 0 Å². The number of anilines is 3. The summed E-state index contributed by atoms with van der Waals surface area (Å²) in [6.07, 6.45) is 9.38.